The molecule has 0 saturated carbocycles. The number of hydrogen-bond donors (Lipinski definition) is 0. The Morgan fingerprint density at radius 3 is 2.68 bits per heavy atom. The number of carbonyl (C=O) groups excluding carboxylic acids is 1. The lowest BCUT2D eigenvalue weighted by Crippen LogP contribution is -2.38. The molecule has 1 heterocycles. The molecule has 1 aliphatic heterocycles. The van der Waals surface area contributed by atoms with Gasteiger partial charge in [0.15, 0.2) is 0 Å². The maximum absolute atomic E-state index is 11.9. The largest absolute Gasteiger partial charge is 0.463 e. The van der Waals surface area contributed by atoms with E-state index >= 15 is 0 Å². The summed E-state index contributed by atoms with van der Waals surface area (Å²) in [4.78, 5) is 13.7. The highest BCUT2D eigenvalue weighted by Gasteiger charge is 2.19. The summed E-state index contributed by atoms with van der Waals surface area (Å²) in [6.07, 6.45) is 0. The summed E-state index contributed by atoms with van der Waals surface area (Å²) in [5.74, 6) is -0.237. The van der Waals surface area contributed by atoms with Crippen molar-refractivity contribution < 1.29 is 14.3 Å². The van der Waals surface area contributed by atoms with Crippen molar-refractivity contribution in [2.45, 2.75) is 4.83 Å². The minimum atomic E-state index is -0.390. The van der Waals surface area contributed by atoms with Gasteiger partial charge >= 0.3 is 5.97 Å². The van der Waals surface area contributed by atoms with E-state index in [2.05, 4.69) is 20.8 Å². The molecule has 19 heavy (non-hydrogen) atoms. The van der Waals surface area contributed by atoms with Crippen LogP contribution in [0.15, 0.2) is 30.3 Å². The third kappa shape index (κ3) is 4.60. The van der Waals surface area contributed by atoms with Crippen LogP contribution in [0, 0.1) is 0 Å². The molecule has 0 amide bonds. The molecule has 1 atom stereocenters. The van der Waals surface area contributed by atoms with Gasteiger partial charge in [-0.1, -0.05) is 46.3 Å². The fourth-order valence-electron chi connectivity index (χ4n) is 1.93. The highest BCUT2D eigenvalue weighted by molar-refractivity contribution is 9.09. The van der Waals surface area contributed by atoms with Crippen LogP contribution >= 0.6 is 15.9 Å². The standard InChI is InChI=1S/C14H18BrNO3/c15-13(12-4-2-1-3-5-12)14(17)19-11-8-16-6-9-18-10-7-16/h1-5,13H,6-11H2. The molecule has 5 heteroatoms. The van der Waals surface area contributed by atoms with Gasteiger partial charge in [-0.2, -0.15) is 0 Å². The second kappa shape index (κ2) is 7.62. The Morgan fingerprint density at radius 1 is 1.32 bits per heavy atom. The fourth-order valence-corrected chi connectivity index (χ4v) is 2.37. The van der Waals surface area contributed by atoms with Gasteiger partial charge in [0.2, 0.25) is 0 Å². The summed E-state index contributed by atoms with van der Waals surface area (Å²) in [5, 5.41) is 0. The molecule has 1 saturated heterocycles. The highest BCUT2D eigenvalue weighted by atomic mass is 79.9. The van der Waals surface area contributed by atoms with Gasteiger partial charge in [0.1, 0.15) is 11.4 Å². The molecular formula is C14H18BrNO3. The van der Waals surface area contributed by atoms with Crippen molar-refractivity contribution in [3.63, 3.8) is 0 Å². The summed E-state index contributed by atoms with van der Waals surface area (Å²) in [5.41, 5.74) is 0.916. The van der Waals surface area contributed by atoms with Crippen molar-refractivity contribution in [3.05, 3.63) is 35.9 Å². The average Bonchev–Trinajstić information content (AvgIpc) is 2.48. The molecule has 0 radical (unpaired) electrons. The number of halogens is 1. The Bertz CT molecular complexity index is 393. The maximum atomic E-state index is 11.9. The molecule has 0 aliphatic carbocycles. The van der Waals surface area contributed by atoms with E-state index in [-0.39, 0.29) is 5.97 Å². The molecule has 1 unspecified atom stereocenters. The number of benzene rings is 1. The summed E-state index contributed by atoms with van der Waals surface area (Å²) in [6.45, 7) is 4.54. The van der Waals surface area contributed by atoms with Crippen molar-refractivity contribution in [2.75, 3.05) is 39.5 Å². The van der Waals surface area contributed by atoms with Crippen LogP contribution in [-0.2, 0) is 14.3 Å². The SMILES string of the molecule is O=C(OCCN1CCOCC1)C(Br)c1ccccc1. The topological polar surface area (TPSA) is 38.8 Å². The lowest BCUT2D eigenvalue weighted by atomic mass is 10.1. The van der Waals surface area contributed by atoms with Crippen LogP contribution in [0.1, 0.15) is 10.4 Å². The Hall–Kier alpha value is -0.910. The lowest BCUT2D eigenvalue weighted by molar-refractivity contribution is -0.143. The first-order chi connectivity index (χ1) is 9.27. The smallest absolute Gasteiger partial charge is 0.324 e. The van der Waals surface area contributed by atoms with Gasteiger partial charge in [-0.3, -0.25) is 9.69 Å². The molecule has 0 bridgehead atoms. The number of carbonyl (C=O) groups is 1. The van der Waals surface area contributed by atoms with Crippen molar-refractivity contribution in [1.82, 2.24) is 4.90 Å². The summed E-state index contributed by atoms with van der Waals surface area (Å²) >= 11 is 3.37. The first-order valence-corrected chi connectivity index (χ1v) is 7.34. The number of alkyl halides is 1. The van der Waals surface area contributed by atoms with E-state index in [4.69, 9.17) is 9.47 Å². The molecule has 1 aromatic rings. The van der Waals surface area contributed by atoms with Crippen molar-refractivity contribution in [1.29, 1.82) is 0 Å². The number of nitrogens with zero attached hydrogens (tertiary/aromatic N) is 1. The molecule has 0 N–H and O–H groups in total. The summed E-state index contributed by atoms with van der Waals surface area (Å²) in [7, 11) is 0. The summed E-state index contributed by atoms with van der Waals surface area (Å²) in [6, 6.07) is 9.55. The van der Waals surface area contributed by atoms with Gasteiger partial charge in [0.25, 0.3) is 0 Å². The minimum Gasteiger partial charge on any atom is -0.463 e. The minimum absolute atomic E-state index is 0.237. The molecular weight excluding hydrogens is 310 g/mol. The van der Waals surface area contributed by atoms with E-state index in [1.165, 1.54) is 0 Å². The second-order valence-electron chi connectivity index (χ2n) is 4.39. The van der Waals surface area contributed by atoms with Crippen LogP contribution in [0.25, 0.3) is 0 Å². The van der Waals surface area contributed by atoms with Crippen LogP contribution in [0.4, 0.5) is 0 Å². The monoisotopic (exact) mass is 327 g/mol. The fraction of sp³-hybridized carbons (Fsp3) is 0.500. The first-order valence-electron chi connectivity index (χ1n) is 6.43. The van der Waals surface area contributed by atoms with E-state index < -0.39 is 4.83 Å². The molecule has 1 aromatic carbocycles. The van der Waals surface area contributed by atoms with Crippen molar-refractivity contribution >= 4 is 21.9 Å². The molecule has 1 aliphatic rings. The lowest BCUT2D eigenvalue weighted by Gasteiger charge is -2.26. The number of hydrogen-bond acceptors (Lipinski definition) is 4. The van der Waals surface area contributed by atoms with Crippen LogP contribution < -0.4 is 0 Å². The van der Waals surface area contributed by atoms with E-state index in [1.807, 2.05) is 30.3 Å². The van der Waals surface area contributed by atoms with Gasteiger partial charge in [-0.15, -0.1) is 0 Å². The van der Waals surface area contributed by atoms with Gasteiger partial charge < -0.3 is 9.47 Å². The molecule has 4 nitrogen and oxygen atoms in total. The van der Waals surface area contributed by atoms with E-state index in [0.717, 1.165) is 38.4 Å². The van der Waals surface area contributed by atoms with Crippen molar-refractivity contribution in [3.8, 4) is 0 Å². The predicted octanol–water partition coefficient (Wildman–Crippen LogP) is 2.00. The van der Waals surface area contributed by atoms with E-state index in [0.29, 0.717) is 6.61 Å². The van der Waals surface area contributed by atoms with Gasteiger partial charge in [0, 0.05) is 19.6 Å². The average molecular weight is 328 g/mol. The molecule has 1 fully saturated rings. The summed E-state index contributed by atoms with van der Waals surface area (Å²) < 4.78 is 10.6. The van der Waals surface area contributed by atoms with Crippen LogP contribution in [-0.4, -0.2) is 50.3 Å². The molecule has 104 valence electrons. The molecule has 0 spiro atoms. The number of rotatable bonds is 5. The third-order valence-electron chi connectivity index (χ3n) is 3.05. The van der Waals surface area contributed by atoms with E-state index in [9.17, 15) is 4.79 Å². The van der Waals surface area contributed by atoms with Gasteiger partial charge in [-0.25, -0.2) is 0 Å². The number of ether oxygens (including phenoxy) is 2. The Kier molecular flexibility index (Phi) is 5.82. The third-order valence-corrected chi connectivity index (χ3v) is 3.96. The zero-order valence-corrected chi connectivity index (χ0v) is 12.3. The Balaban J connectivity index is 1.72. The van der Waals surface area contributed by atoms with Crippen LogP contribution in [0.5, 0.6) is 0 Å². The first kappa shape index (κ1) is 14.5. The van der Waals surface area contributed by atoms with Crippen molar-refractivity contribution in [2.24, 2.45) is 0 Å². The Morgan fingerprint density at radius 2 is 2.00 bits per heavy atom. The van der Waals surface area contributed by atoms with Gasteiger partial charge in [-0.05, 0) is 5.56 Å². The Labute approximate surface area is 121 Å². The highest BCUT2D eigenvalue weighted by Crippen LogP contribution is 2.23. The number of esters is 1. The normalized spacial score (nSPS) is 17.9. The number of morpholine rings is 1. The van der Waals surface area contributed by atoms with Crippen LogP contribution in [0.2, 0.25) is 0 Å². The van der Waals surface area contributed by atoms with E-state index in [1.54, 1.807) is 0 Å². The zero-order chi connectivity index (χ0) is 13.5. The zero-order valence-electron chi connectivity index (χ0n) is 10.8. The van der Waals surface area contributed by atoms with Gasteiger partial charge in [0.05, 0.1) is 13.2 Å². The second-order valence-corrected chi connectivity index (χ2v) is 5.31. The van der Waals surface area contributed by atoms with Crippen LogP contribution in [0.3, 0.4) is 0 Å². The predicted molar refractivity (Wildman–Crippen MR) is 76.3 cm³/mol. The maximum Gasteiger partial charge on any atom is 0.324 e. The quantitative estimate of drug-likeness (QED) is 0.612. The molecule has 2 rings (SSSR count). The molecule has 0 aromatic heterocycles.